The predicted octanol–water partition coefficient (Wildman–Crippen LogP) is 2.86. The van der Waals surface area contributed by atoms with Crippen LogP contribution < -0.4 is 10.9 Å². The Hall–Kier alpha value is -1.21. The maximum Gasteiger partial charge on any atom is 0.238 e. The van der Waals surface area contributed by atoms with E-state index in [0.717, 1.165) is 5.56 Å². The topological polar surface area (TPSA) is 86.2 Å². The predicted molar refractivity (Wildman–Crippen MR) is 83.2 cm³/mol. The summed E-state index contributed by atoms with van der Waals surface area (Å²) in [5.74, 6) is 0.662. The van der Waals surface area contributed by atoms with Crippen LogP contribution in [-0.2, 0) is 15.8 Å². The average Bonchev–Trinajstić information content (AvgIpc) is 2.38. The lowest BCUT2D eigenvalue weighted by Crippen LogP contribution is -2.12. The molecule has 2 aromatic rings. The van der Waals surface area contributed by atoms with Gasteiger partial charge in [0.15, 0.2) is 0 Å². The van der Waals surface area contributed by atoms with Gasteiger partial charge in [0, 0.05) is 21.4 Å². The molecular weight excluding hydrogens is 316 g/mol. The summed E-state index contributed by atoms with van der Waals surface area (Å²) in [7, 11) is -3.72. The Morgan fingerprint density at radius 2 is 1.75 bits per heavy atom. The van der Waals surface area contributed by atoms with Crippen molar-refractivity contribution in [3.8, 4) is 0 Å². The third kappa shape index (κ3) is 3.89. The average molecular weight is 329 g/mol. The lowest BCUT2D eigenvalue weighted by Gasteiger charge is -2.07. The van der Waals surface area contributed by atoms with Crippen LogP contribution >= 0.6 is 23.4 Å². The highest BCUT2D eigenvalue weighted by atomic mass is 35.5. The minimum atomic E-state index is -3.72. The molecule has 0 aromatic heterocycles. The fourth-order valence-electron chi connectivity index (χ4n) is 1.56. The Balaban J connectivity index is 2.19. The fraction of sp³-hybridized carbons (Fsp3) is 0.0769. The number of nitrogen functional groups attached to an aromatic ring is 1. The quantitative estimate of drug-likeness (QED) is 0.667. The second kappa shape index (κ2) is 6.05. The van der Waals surface area contributed by atoms with Gasteiger partial charge in [-0.1, -0.05) is 23.7 Å². The molecule has 0 aliphatic heterocycles. The molecule has 4 N–H and O–H groups in total. The number of sulfonamides is 1. The molecule has 0 unspecified atom stereocenters. The van der Waals surface area contributed by atoms with E-state index in [9.17, 15) is 8.42 Å². The molecule has 0 bridgehead atoms. The minimum Gasteiger partial charge on any atom is -0.398 e. The van der Waals surface area contributed by atoms with Gasteiger partial charge in [-0.25, -0.2) is 13.6 Å². The summed E-state index contributed by atoms with van der Waals surface area (Å²) >= 11 is 7.27. The van der Waals surface area contributed by atoms with Crippen LogP contribution in [-0.4, -0.2) is 8.42 Å². The highest BCUT2D eigenvalue weighted by molar-refractivity contribution is 7.98. The van der Waals surface area contributed by atoms with Gasteiger partial charge in [0.05, 0.1) is 4.90 Å². The Morgan fingerprint density at radius 3 is 2.35 bits per heavy atom. The second-order valence-electron chi connectivity index (χ2n) is 4.16. The van der Waals surface area contributed by atoms with E-state index in [4.69, 9.17) is 22.5 Å². The van der Waals surface area contributed by atoms with Gasteiger partial charge < -0.3 is 5.73 Å². The molecule has 0 amide bonds. The lowest BCUT2D eigenvalue weighted by molar-refractivity contribution is 0.597. The zero-order valence-corrected chi connectivity index (χ0v) is 12.8. The van der Waals surface area contributed by atoms with Gasteiger partial charge in [0.2, 0.25) is 10.0 Å². The summed E-state index contributed by atoms with van der Waals surface area (Å²) in [4.78, 5) is 0.747. The van der Waals surface area contributed by atoms with Crippen LogP contribution in [0, 0.1) is 0 Å². The number of hydrogen-bond donors (Lipinski definition) is 2. The summed E-state index contributed by atoms with van der Waals surface area (Å²) in [6, 6.07) is 11.9. The first-order valence-electron chi connectivity index (χ1n) is 5.66. The monoisotopic (exact) mass is 328 g/mol. The van der Waals surface area contributed by atoms with E-state index >= 15 is 0 Å². The molecule has 2 rings (SSSR count). The van der Waals surface area contributed by atoms with Crippen molar-refractivity contribution in [2.24, 2.45) is 5.14 Å². The van der Waals surface area contributed by atoms with Crippen LogP contribution in [0.5, 0.6) is 0 Å². The van der Waals surface area contributed by atoms with Crippen LogP contribution in [0.25, 0.3) is 0 Å². The summed E-state index contributed by atoms with van der Waals surface area (Å²) < 4.78 is 22.6. The maximum absolute atomic E-state index is 11.3. The van der Waals surface area contributed by atoms with Crippen molar-refractivity contribution in [2.75, 3.05) is 5.73 Å². The number of anilines is 1. The maximum atomic E-state index is 11.3. The SMILES string of the molecule is Nc1ccc(S(N)(=O)=O)cc1SCc1ccc(Cl)cc1. The molecule has 0 radical (unpaired) electrons. The van der Waals surface area contributed by atoms with Crippen LogP contribution in [0.1, 0.15) is 5.56 Å². The van der Waals surface area contributed by atoms with Crippen molar-refractivity contribution >= 4 is 39.1 Å². The van der Waals surface area contributed by atoms with Gasteiger partial charge in [-0.05, 0) is 35.9 Å². The first-order valence-corrected chi connectivity index (χ1v) is 8.57. The molecule has 0 aliphatic rings. The molecule has 20 heavy (non-hydrogen) atoms. The van der Waals surface area contributed by atoms with Crippen LogP contribution in [0.4, 0.5) is 5.69 Å². The largest absolute Gasteiger partial charge is 0.398 e. The number of thioether (sulfide) groups is 1. The van der Waals surface area contributed by atoms with Gasteiger partial charge in [-0.15, -0.1) is 11.8 Å². The van der Waals surface area contributed by atoms with E-state index in [1.807, 2.05) is 24.3 Å². The third-order valence-electron chi connectivity index (χ3n) is 2.62. The summed E-state index contributed by atoms with van der Waals surface area (Å²) in [6.07, 6.45) is 0. The number of nitrogens with two attached hydrogens (primary N) is 2. The van der Waals surface area contributed by atoms with Gasteiger partial charge >= 0.3 is 0 Å². The Labute approximate surface area is 127 Å². The van der Waals surface area contributed by atoms with Gasteiger partial charge in [-0.2, -0.15) is 0 Å². The van der Waals surface area contributed by atoms with Crippen LogP contribution in [0.2, 0.25) is 5.02 Å². The van der Waals surface area contributed by atoms with Crippen molar-refractivity contribution in [3.63, 3.8) is 0 Å². The normalized spacial score (nSPS) is 11.5. The van der Waals surface area contributed by atoms with Crippen molar-refractivity contribution in [3.05, 3.63) is 53.1 Å². The van der Waals surface area contributed by atoms with Gasteiger partial charge in [-0.3, -0.25) is 0 Å². The molecule has 4 nitrogen and oxygen atoms in total. The molecule has 0 atom stereocenters. The van der Waals surface area contributed by atoms with Crippen LogP contribution in [0.3, 0.4) is 0 Å². The highest BCUT2D eigenvalue weighted by Crippen LogP contribution is 2.30. The van der Waals surface area contributed by atoms with E-state index in [0.29, 0.717) is 21.4 Å². The second-order valence-corrected chi connectivity index (χ2v) is 7.17. The first kappa shape index (κ1) is 15.2. The molecule has 7 heteroatoms. The van der Waals surface area contributed by atoms with Gasteiger partial charge in [0.1, 0.15) is 0 Å². The Bertz CT molecular complexity index is 716. The number of rotatable bonds is 4. The zero-order chi connectivity index (χ0) is 14.8. The third-order valence-corrected chi connectivity index (χ3v) is 4.93. The standard InChI is InChI=1S/C13H13ClN2O2S2/c14-10-3-1-9(2-4-10)8-19-13-7-11(20(16,17)18)5-6-12(13)15/h1-7H,8,15H2,(H2,16,17,18). The number of hydrogen-bond acceptors (Lipinski definition) is 4. The number of halogens is 1. The zero-order valence-electron chi connectivity index (χ0n) is 10.4. The smallest absolute Gasteiger partial charge is 0.238 e. The van der Waals surface area contributed by atoms with Crippen molar-refractivity contribution in [1.82, 2.24) is 0 Å². The van der Waals surface area contributed by atoms with E-state index in [1.54, 1.807) is 6.07 Å². The molecule has 0 aliphatic carbocycles. The van der Waals surface area contributed by atoms with Crippen molar-refractivity contribution < 1.29 is 8.42 Å². The Kier molecular flexibility index (Phi) is 4.59. The first-order chi connectivity index (χ1) is 9.36. The van der Waals surface area contributed by atoms with Crippen molar-refractivity contribution in [2.45, 2.75) is 15.5 Å². The fourth-order valence-corrected chi connectivity index (χ4v) is 3.26. The summed E-state index contributed by atoms with van der Waals surface area (Å²) in [5.41, 5.74) is 7.44. The molecule has 2 aromatic carbocycles. The highest BCUT2D eigenvalue weighted by Gasteiger charge is 2.10. The molecule has 0 saturated heterocycles. The van der Waals surface area contributed by atoms with E-state index in [-0.39, 0.29) is 4.90 Å². The molecule has 0 heterocycles. The summed E-state index contributed by atoms with van der Waals surface area (Å²) in [6.45, 7) is 0. The van der Waals surface area contributed by atoms with Crippen molar-refractivity contribution in [1.29, 1.82) is 0 Å². The number of benzene rings is 2. The minimum absolute atomic E-state index is 0.0605. The molecule has 0 saturated carbocycles. The molecule has 106 valence electrons. The van der Waals surface area contributed by atoms with E-state index in [2.05, 4.69) is 0 Å². The summed E-state index contributed by atoms with van der Waals surface area (Å²) in [5, 5.41) is 5.78. The lowest BCUT2D eigenvalue weighted by atomic mass is 10.2. The molecular formula is C13H13ClN2O2S2. The van der Waals surface area contributed by atoms with E-state index < -0.39 is 10.0 Å². The Morgan fingerprint density at radius 1 is 1.10 bits per heavy atom. The molecule has 0 fully saturated rings. The molecule has 0 spiro atoms. The number of primary sulfonamides is 1. The van der Waals surface area contributed by atoms with E-state index in [1.165, 1.54) is 23.9 Å². The van der Waals surface area contributed by atoms with Crippen LogP contribution in [0.15, 0.2) is 52.3 Å². The van der Waals surface area contributed by atoms with Gasteiger partial charge in [0.25, 0.3) is 0 Å².